The molecule has 0 bridgehead atoms. The second-order valence-corrected chi connectivity index (χ2v) is 3.07. The Morgan fingerprint density at radius 2 is 2.23 bits per heavy atom. The van der Waals surface area contributed by atoms with E-state index in [1.54, 1.807) is 0 Å². The summed E-state index contributed by atoms with van der Waals surface area (Å²) in [6.45, 7) is 4.29. The van der Waals surface area contributed by atoms with Gasteiger partial charge in [-0.25, -0.2) is 24.4 Å². The SMILES string of the molecule is CC(C)c1cc[c-]c(N=[C-]S)c1.[Y]. The summed E-state index contributed by atoms with van der Waals surface area (Å²) >= 11 is 3.78. The summed E-state index contributed by atoms with van der Waals surface area (Å²) in [6, 6.07) is 8.90. The Morgan fingerprint density at radius 1 is 1.54 bits per heavy atom. The number of hydrogen-bond acceptors (Lipinski definition) is 1. The molecule has 0 aliphatic carbocycles. The van der Waals surface area contributed by atoms with Crippen LogP contribution < -0.4 is 0 Å². The summed E-state index contributed by atoms with van der Waals surface area (Å²) in [7, 11) is 0. The first-order valence-electron chi connectivity index (χ1n) is 3.85. The molecule has 0 aromatic heterocycles. The molecule has 13 heavy (non-hydrogen) atoms. The van der Waals surface area contributed by atoms with Crippen molar-refractivity contribution in [1.82, 2.24) is 0 Å². The fourth-order valence-corrected chi connectivity index (χ4v) is 1.06. The van der Waals surface area contributed by atoms with Gasteiger partial charge in [0.15, 0.2) is 0 Å². The number of aliphatic imine (C=N–C) groups is 1. The molecule has 0 N–H and O–H groups in total. The predicted octanol–water partition coefficient (Wildman–Crippen LogP) is 3.07. The van der Waals surface area contributed by atoms with Crippen LogP contribution in [0.5, 0.6) is 0 Å². The third kappa shape index (κ3) is 4.39. The minimum atomic E-state index is 0. The van der Waals surface area contributed by atoms with Crippen LogP contribution in [-0.4, -0.2) is 5.55 Å². The molecule has 0 spiro atoms. The summed E-state index contributed by atoms with van der Waals surface area (Å²) in [5, 5.41) is 0. The number of rotatable bonds is 2. The molecule has 0 heterocycles. The first-order chi connectivity index (χ1) is 5.74. The zero-order chi connectivity index (χ0) is 8.97. The van der Waals surface area contributed by atoms with Crippen LogP contribution in [0.25, 0.3) is 0 Å². The third-order valence-electron chi connectivity index (χ3n) is 1.65. The number of benzene rings is 1. The molecule has 1 radical (unpaired) electrons. The van der Waals surface area contributed by atoms with E-state index < -0.39 is 0 Å². The molecule has 0 saturated heterocycles. The van der Waals surface area contributed by atoms with E-state index in [0.29, 0.717) is 5.92 Å². The van der Waals surface area contributed by atoms with Crippen LogP contribution in [0.1, 0.15) is 25.3 Å². The van der Waals surface area contributed by atoms with E-state index >= 15 is 0 Å². The van der Waals surface area contributed by atoms with Gasteiger partial charge in [-0.1, -0.05) is 13.8 Å². The molecule has 0 aliphatic heterocycles. The van der Waals surface area contributed by atoms with Gasteiger partial charge in [0, 0.05) is 32.7 Å². The number of thiol groups is 1. The van der Waals surface area contributed by atoms with Crippen molar-refractivity contribution >= 4 is 23.9 Å². The van der Waals surface area contributed by atoms with Crippen LogP contribution in [0.15, 0.2) is 23.2 Å². The molecule has 1 aromatic carbocycles. The van der Waals surface area contributed by atoms with Gasteiger partial charge in [0.2, 0.25) is 0 Å². The van der Waals surface area contributed by atoms with Gasteiger partial charge >= 0.3 is 0 Å². The molecular formula is C10H11NSY-2. The summed E-state index contributed by atoms with van der Waals surface area (Å²) in [6.07, 6.45) is 0. The smallest absolute Gasteiger partial charge is 0 e. The second kappa shape index (κ2) is 6.75. The van der Waals surface area contributed by atoms with Gasteiger partial charge in [0.05, 0.1) is 0 Å². The van der Waals surface area contributed by atoms with Crippen LogP contribution in [0.4, 0.5) is 5.69 Å². The molecule has 1 aromatic rings. The third-order valence-corrected chi connectivity index (χ3v) is 1.75. The van der Waals surface area contributed by atoms with Crippen molar-refractivity contribution in [1.29, 1.82) is 0 Å². The minimum absolute atomic E-state index is 0. The standard InChI is InChI=1S/C10H11NS.Y/c1-8(2)9-4-3-5-10(6-9)11-7-12;/h3-4,6,8H,1-2H3,(H,11,12);/q-2;. The quantitative estimate of drug-likeness (QED) is 0.365. The average Bonchev–Trinajstić information content (AvgIpc) is 2.05. The van der Waals surface area contributed by atoms with E-state index in [9.17, 15) is 0 Å². The van der Waals surface area contributed by atoms with E-state index in [2.05, 4.69) is 43.1 Å². The van der Waals surface area contributed by atoms with E-state index in [4.69, 9.17) is 0 Å². The summed E-state index contributed by atoms with van der Waals surface area (Å²) in [5.41, 5.74) is 4.49. The first-order valence-corrected chi connectivity index (χ1v) is 4.30. The molecule has 0 unspecified atom stereocenters. The van der Waals surface area contributed by atoms with Crippen molar-refractivity contribution < 1.29 is 32.7 Å². The van der Waals surface area contributed by atoms with E-state index in [0.717, 1.165) is 5.69 Å². The van der Waals surface area contributed by atoms with Gasteiger partial charge in [-0.15, -0.1) is 5.55 Å². The fraction of sp³-hybridized carbons (Fsp3) is 0.300. The maximum atomic E-state index is 3.91. The Kier molecular flexibility index (Phi) is 6.93. The summed E-state index contributed by atoms with van der Waals surface area (Å²) in [5.74, 6) is 0.522. The molecule has 0 fully saturated rings. The van der Waals surface area contributed by atoms with Crippen LogP contribution in [-0.2, 0) is 32.7 Å². The monoisotopic (exact) mass is 266 g/mol. The van der Waals surface area contributed by atoms with Crippen LogP contribution in [0, 0.1) is 6.07 Å². The van der Waals surface area contributed by atoms with Crippen molar-refractivity contribution in [2.75, 3.05) is 0 Å². The van der Waals surface area contributed by atoms with Gasteiger partial charge in [0.25, 0.3) is 0 Å². The molecule has 67 valence electrons. The number of hydrogen-bond donors (Lipinski definition) is 1. The Balaban J connectivity index is 0.00000144. The summed E-state index contributed by atoms with van der Waals surface area (Å²) < 4.78 is 0. The zero-order valence-electron chi connectivity index (χ0n) is 7.78. The van der Waals surface area contributed by atoms with Crippen molar-refractivity contribution in [3.05, 3.63) is 29.8 Å². The predicted molar refractivity (Wildman–Crippen MR) is 55.4 cm³/mol. The van der Waals surface area contributed by atoms with Gasteiger partial charge in [-0.2, -0.15) is 17.7 Å². The van der Waals surface area contributed by atoms with E-state index in [1.807, 2.05) is 18.2 Å². The molecule has 0 amide bonds. The van der Waals surface area contributed by atoms with Gasteiger partial charge < -0.3 is 4.99 Å². The molecule has 0 aliphatic rings. The minimum Gasteiger partial charge on any atom is -0.471 e. The largest absolute Gasteiger partial charge is 0.471 e. The van der Waals surface area contributed by atoms with Gasteiger partial charge in [0.1, 0.15) is 0 Å². The van der Waals surface area contributed by atoms with Crippen molar-refractivity contribution in [3.8, 4) is 0 Å². The fourth-order valence-electron chi connectivity index (χ4n) is 0.948. The average molecular weight is 266 g/mol. The molecule has 1 rings (SSSR count). The van der Waals surface area contributed by atoms with Crippen LogP contribution >= 0.6 is 12.6 Å². The van der Waals surface area contributed by atoms with Crippen molar-refractivity contribution in [2.24, 2.45) is 4.99 Å². The maximum absolute atomic E-state index is 3.91. The van der Waals surface area contributed by atoms with Gasteiger partial charge in [-0.3, -0.25) is 6.07 Å². The zero-order valence-corrected chi connectivity index (χ0v) is 11.5. The second-order valence-electron chi connectivity index (χ2n) is 2.87. The summed E-state index contributed by atoms with van der Waals surface area (Å²) in [4.78, 5) is 3.91. The first kappa shape index (κ1) is 13.3. The van der Waals surface area contributed by atoms with Crippen molar-refractivity contribution in [3.63, 3.8) is 0 Å². The van der Waals surface area contributed by atoms with Crippen molar-refractivity contribution in [2.45, 2.75) is 19.8 Å². The van der Waals surface area contributed by atoms with Gasteiger partial charge in [-0.05, 0) is 5.92 Å². The van der Waals surface area contributed by atoms with E-state index in [-0.39, 0.29) is 32.7 Å². The normalized spacial score (nSPS) is 10.5. The van der Waals surface area contributed by atoms with Crippen LogP contribution in [0.2, 0.25) is 0 Å². The Labute approximate surface area is 110 Å². The number of nitrogens with zero attached hydrogens (tertiary/aromatic N) is 1. The molecular weight excluding hydrogens is 255 g/mol. The van der Waals surface area contributed by atoms with Crippen LogP contribution in [0.3, 0.4) is 0 Å². The Morgan fingerprint density at radius 3 is 2.77 bits per heavy atom. The molecule has 3 heteroatoms. The Hall–Kier alpha value is 0.344. The molecule has 0 saturated carbocycles. The Bertz CT molecular complexity index is 284. The van der Waals surface area contributed by atoms with E-state index in [1.165, 1.54) is 5.56 Å². The topological polar surface area (TPSA) is 12.4 Å². The molecule has 1 nitrogen and oxygen atoms in total. The molecule has 0 atom stereocenters. The maximum Gasteiger partial charge on any atom is 0 e.